The van der Waals surface area contributed by atoms with Crippen molar-refractivity contribution < 1.29 is 18.3 Å². The summed E-state index contributed by atoms with van der Waals surface area (Å²) in [7, 11) is -4.26. The zero-order chi connectivity index (χ0) is 18.6. The SMILES string of the molecule is N#CCc1ccc(N(CC(=O)O)S(=O)(=O)c2cc(Cl)ccc2Cl)cc1. The van der Waals surface area contributed by atoms with Crippen LogP contribution in [0.5, 0.6) is 0 Å². The summed E-state index contributed by atoms with van der Waals surface area (Å²) in [6, 6.07) is 11.9. The van der Waals surface area contributed by atoms with Crippen LogP contribution in [0.2, 0.25) is 10.0 Å². The van der Waals surface area contributed by atoms with Crippen LogP contribution in [0.25, 0.3) is 0 Å². The van der Waals surface area contributed by atoms with E-state index in [-0.39, 0.29) is 27.0 Å². The number of nitriles is 1. The third-order valence-corrected chi connectivity index (χ3v) is 5.74. The second-order valence-electron chi connectivity index (χ2n) is 4.98. The summed E-state index contributed by atoms with van der Waals surface area (Å²) in [6.07, 6.45) is 0.159. The lowest BCUT2D eigenvalue weighted by Gasteiger charge is -2.23. The molecule has 0 heterocycles. The second kappa shape index (κ2) is 7.74. The molecule has 0 spiro atoms. The van der Waals surface area contributed by atoms with Crippen molar-refractivity contribution in [3.05, 3.63) is 58.1 Å². The molecule has 1 N–H and O–H groups in total. The van der Waals surface area contributed by atoms with Crippen molar-refractivity contribution >= 4 is 44.9 Å². The average molecular weight is 399 g/mol. The highest BCUT2D eigenvalue weighted by Gasteiger charge is 2.29. The number of carboxylic acid groups (broad SMARTS) is 1. The van der Waals surface area contributed by atoms with Crippen molar-refractivity contribution in [3.63, 3.8) is 0 Å². The Morgan fingerprint density at radius 2 is 1.80 bits per heavy atom. The van der Waals surface area contributed by atoms with E-state index in [9.17, 15) is 13.2 Å². The van der Waals surface area contributed by atoms with Crippen molar-refractivity contribution in [2.45, 2.75) is 11.3 Å². The van der Waals surface area contributed by atoms with Crippen LogP contribution in [0.3, 0.4) is 0 Å². The van der Waals surface area contributed by atoms with Crippen LogP contribution in [0.1, 0.15) is 5.56 Å². The molecule has 0 aromatic heterocycles. The Morgan fingerprint density at radius 1 is 1.16 bits per heavy atom. The van der Waals surface area contributed by atoms with E-state index in [1.165, 1.54) is 24.3 Å². The zero-order valence-corrected chi connectivity index (χ0v) is 15.0. The molecule has 0 saturated heterocycles. The lowest BCUT2D eigenvalue weighted by molar-refractivity contribution is -0.135. The Balaban J connectivity index is 2.54. The Labute approximate surface area is 154 Å². The number of sulfonamides is 1. The first-order chi connectivity index (χ1) is 11.8. The van der Waals surface area contributed by atoms with E-state index in [2.05, 4.69) is 0 Å². The molecule has 0 radical (unpaired) electrons. The van der Waals surface area contributed by atoms with Crippen molar-refractivity contribution in [2.24, 2.45) is 0 Å². The molecule has 0 unspecified atom stereocenters. The highest BCUT2D eigenvalue weighted by molar-refractivity contribution is 7.93. The molecule has 0 saturated carbocycles. The Hall–Kier alpha value is -2.27. The van der Waals surface area contributed by atoms with Gasteiger partial charge in [-0.3, -0.25) is 9.10 Å². The molecular weight excluding hydrogens is 387 g/mol. The van der Waals surface area contributed by atoms with Crippen LogP contribution < -0.4 is 4.31 Å². The van der Waals surface area contributed by atoms with Gasteiger partial charge in [-0.15, -0.1) is 0 Å². The fourth-order valence-electron chi connectivity index (χ4n) is 2.10. The highest BCUT2D eigenvalue weighted by Crippen LogP contribution is 2.30. The maximum absolute atomic E-state index is 12.9. The van der Waals surface area contributed by atoms with Crippen LogP contribution >= 0.6 is 23.2 Å². The molecular formula is C16H12Cl2N2O4S. The van der Waals surface area contributed by atoms with E-state index < -0.39 is 22.5 Å². The first-order valence-corrected chi connectivity index (χ1v) is 9.11. The fourth-order valence-corrected chi connectivity index (χ4v) is 4.26. The molecule has 9 heteroatoms. The van der Waals surface area contributed by atoms with Gasteiger partial charge in [-0.05, 0) is 35.9 Å². The minimum absolute atomic E-state index is 0.0686. The molecule has 0 aliphatic rings. The standard InChI is InChI=1S/C16H12Cl2N2O4S/c17-12-3-6-14(18)15(9-12)25(23,24)20(10-16(21)22)13-4-1-11(2-5-13)7-8-19/h1-6,9H,7,10H2,(H,21,22). The summed E-state index contributed by atoms with van der Waals surface area (Å²) < 4.78 is 26.6. The normalized spacial score (nSPS) is 10.9. The number of rotatable bonds is 6. The molecule has 6 nitrogen and oxygen atoms in total. The lowest BCUT2D eigenvalue weighted by Crippen LogP contribution is -2.35. The molecule has 0 bridgehead atoms. The molecule has 0 amide bonds. The fraction of sp³-hybridized carbons (Fsp3) is 0.125. The van der Waals surface area contributed by atoms with E-state index in [0.717, 1.165) is 10.4 Å². The zero-order valence-electron chi connectivity index (χ0n) is 12.7. The van der Waals surface area contributed by atoms with Gasteiger partial charge in [0.25, 0.3) is 10.0 Å². The summed E-state index contributed by atoms with van der Waals surface area (Å²) >= 11 is 11.8. The summed E-state index contributed by atoms with van der Waals surface area (Å²) in [5, 5.41) is 17.9. The number of aliphatic carboxylic acids is 1. The second-order valence-corrected chi connectivity index (χ2v) is 7.66. The summed E-state index contributed by atoms with van der Waals surface area (Å²) in [4.78, 5) is 10.9. The van der Waals surface area contributed by atoms with Crippen molar-refractivity contribution in [1.82, 2.24) is 0 Å². The highest BCUT2D eigenvalue weighted by atomic mass is 35.5. The van der Waals surface area contributed by atoms with Gasteiger partial charge in [0.05, 0.1) is 23.2 Å². The van der Waals surface area contributed by atoms with Crippen LogP contribution in [-0.4, -0.2) is 26.0 Å². The number of anilines is 1. The molecule has 2 rings (SSSR count). The Bertz CT molecular complexity index is 938. The summed E-state index contributed by atoms with van der Waals surface area (Å²) in [5.74, 6) is -1.33. The number of benzene rings is 2. The first-order valence-electron chi connectivity index (χ1n) is 6.91. The first kappa shape index (κ1) is 19.1. The average Bonchev–Trinajstić information content (AvgIpc) is 2.55. The molecule has 0 aliphatic carbocycles. The van der Waals surface area contributed by atoms with E-state index in [1.807, 2.05) is 6.07 Å². The minimum atomic E-state index is -4.26. The maximum atomic E-state index is 12.9. The summed E-state index contributed by atoms with van der Waals surface area (Å²) in [6.45, 7) is -0.789. The number of hydrogen-bond acceptors (Lipinski definition) is 4. The van der Waals surface area contributed by atoms with Crippen LogP contribution in [0, 0.1) is 11.3 Å². The Morgan fingerprint density at radius 3 is 2.36 bits per heavy atom. The van der Waals surface area contributed by atoms with Gasteiger partial charge in [0, 0.05) is 5.02 Å². The minimum Gasteiger partial charge on any atom is -0.480 e. The quantitative estimate of drug-likeness (QED) is 0.804. The van der Waals surface area contributed by atoms with Gasteiger partial charge in [-0.1, -0.05) is 35.3 Å². The van der Waals surface area contributed by atoms with E-state index in [0.29, 0.717) is 5.56 Å². The largest absolute Gasteiger partial charge is 0.480 e. The van der Waals surface area contributed by atoms with Gasteiger partial charge in [0.1, 0.15) is 11.4 Å². The summed E-state index contributed by atoms with van der Waals surface area (Å²) in [5.41, 5.74) is 0.819. The van der Waals surface area contributed by atoms with Crippen molar-refractivity contribution in [1.29, 1.82) is 5.26 Å². The third-order valence-electron chi connectivity index (χ3n) is 3.25. The predicted octanol–water partition coefficient (Wildman–Crippen LogP) is 3.34. The molecule has 2 aromatic carbocycles. The molecule has 130 valence electrons. The van der Waals surface area contributed by atoms with Gasteiger partial charge in [0.2, 0.25) is 0 Å². The smallest absolute Gasteiger partial charge is 0.324 e. The topological polar surface area (TPSA) is 98.5 Å². The number of halogens is 2. The monoisotopic (exact) mass is 398 g/mol. The van der Waals surface area contributed by atoms with Crippen molar-refractivity contribution in [2.75, 3.05) is 10.8 Å². The number of carboxylic acids is 1. The number of carbonyl (C=O) groups is 1. The molecule has 25 heavy (non-hydrogen) atoms. The van der Waals surface area contributed by atoms with E-state index in [4.69, 9.17) is 33.6 Å². The Kier molecular flexibility index (Phi) is 5.90. The van der Waals surface area contributed by atoms with Gasteiger partial charge in [-0.25, -0.2) is 8.42 Å². The van der Waals surface area contributed by atoms with Crippen LogP contribution in [-0.2, 0) is 21.2 Å². The van der Waals surface area contributed by atoms with Crippen LogP contribution in [0.4, 0.5) is 5.69 Å². The van der Waals surface area contributed by atoms with E-state index in [1.54, 1.807) is 12.1 Å². The lowest BCUT2D eigenvalue weighted by atomic mass is 10.1. The van der Waals surface area contributed by atoms with Gasteiger partial charge in [0.15, 0.2) is 0 Å². The van der Waals surface area contributed by atoms with Gasteiger partial charge >= 0.3 is 5.97 Å². The third kappa shape index (κ3) is 4.42. The van der Waals surface area contributed by atoms with Crippen molar-refractivity contribution in [3.8, 4) is 6.07 Å². The number of nitrogens with zero attached hydrogens (tertiary/aromatic N) is 2. The molecule has 0 aliphatic heterocycles. The van der Waals surface area contributed by atoms with Gasteiger partial charge < -0.3 is 5.11 Å². The molecule has 0 fully saturated rings. The van der Waals surface area contributed by atoms with Gasteiger partial charge in [-0.2, -0.15) is 5.26 Å². The molecule has 0 atom stereocenters. The van der Waals surface area contributed by atoms with E-state index >= 15 is 0 Å². The predicted molar refractivity (Wildman–Crippen MR) is 94.4 cm³/mol. The maximum Gasteiger partial charge on any atom is 0.324 e. The number of hydrogen-bond donors (Lipinski definition) is 1. The molecule has 2 aromatic rings. The van der Waals surface area contributed by atoms with Crippen LogP contribution in [0.15, 0.2) is 47.4 Å².